The molecule has 0 saturated carbocycles. The van der Waals surface area contributed by atoms with Crippen LogP contribution in [-0.4, -0.2) is 28.9 Å². The van der Waals surface area contributed by atoms with E-state index in [9.17, 15) is 0 Å². The Morgan fingerprint density at radius 3 is 2.00 bits per heavy atom. The van der Waals surface area contributed by atoms with E-state index < -0.39 is 0 Å². The first kappa shape index (κ1) is 14.5. The van der Waals surface area contributed by atoms with E-state index in [0.29, 0.717) is 5.41 Å². The lowest BCUT2D eigenvalue weighted by atomic mass is 9.82. The molecule has 0 spiro atoms. The normalized spacial score (nSPS) is 28.3. The van der Waals surface area contributed by atoms with Crippen molar-refractivity contribution in [1.29, 1.82) is 0 Å². The van der Waals surface area contributed by atoms with Crippen LogP contribution < -0.4 is 0 Å². The van der Waals surface area contributed by atoms with Crippen LogP contribution in [0.3, 0.4) is 0 Å². The lowest BCUT2D eigenvalue weighted by Gasteiger charge is -2.45. The standard InChI is InChI=1S/C14H28BrN/c1-5-14(6-2,10-15)11-16-12(3)8-7-9-13(16)4/h12-13H,5-11H2,1-4H3. The smallest absolute Gasteiger partial charge is 0.01000 e. The molecular formula is C14H28BrN. The molecule has 16 heavy (non-hydrogen) atoms. The van der Waals surface area contributed by atoms with Crippen molar-refractivity contribution in [2.75, 3.05) is 11.9 Å². The van der Waals surface area contributed by atoms with Crippen molar-refractivity contribution in [3.05, 3.63) is 0 Å². The summed E-state index contributed by atoms with van der Waals surface area (Å²) in [6.45, 7) is 10.8. The Bertz CT molecular complexity index is 183. The van der Waals surface area contributed by atoms with Gasteiger partial charge in [-0.15, -0.1) is 0 Å². The summed E-state index contributed by atoms with van der Waals surface area (Å²) in [5.74, 6) is 0. The molecule has 96 valence electrons. The highest BCUT2D eigenvalue weighted by molar-refractivity contribution is 9.09. The summed E-state index contributed by atoms with van der Waals surface area (Å²) < 4.78 is 0. The minimum atomic E-state index is 0.486. The van der Waals surface area contributed by atoms with Gasteiger partial charge in [0, 0.05) is 24.0 Å². The minimum Gasteiger partial charge on any atom is -0.297 e. The molecule has 0 radical (unpaired) electrons. The van der Waals surface area contributed by atoms with Crippen molar-refractivity contribution >= 4 is 15.9 Å². The van der Waals surface area contributed by atoms with Gasteiger partial charge < -0.3 is 0 Å². The number of hydrogen-bond donors (Lipinski definition) is 0. The predicted octanol–water partition coefficient (Wildman–Crippen LogP) is 4.45. The maximum absolute atomic E-state index is 3.73. The van der Waals surface area contributed by atoms with Crippen molar-refractivity contribution in [2.24, 2.45) is 5.41 Å². The molecule has 0 aliphatic carbocycles. The number of halogens is 1. The van der Waals surface area contributed by atoms with Crippen LogP contribution in [0.5, 0.6) is 0 Å². The molecule has 1 aliphatic heterocycles. The molecule has 2 atom stereocenters. The van der Waals surface area contributed by atoms with E-state index in [4.69, 9.17) is 0 Å². The molecule has 1 aliphatic rings. The van der Waals surface area contributed by atoms with Gasteiger partial charge in [0.2, 0.25) is 0 Å². The summed E-state index contributed by atoms with van der Waals surface area (Å²) in [7, 11) is 0. The van der Waals surface area contributed by atoms with Crippen molar-refractivity contribution in [3.8, 4) is 0 Å². The predicted molar refractivity (Wildman–Crippen MR) is 76.3 cm³/mol. The molecule has 1 saturated heterocycles. The second-order valence-electron chi connectivity index (χ2n) is 5.64. The van der Waals surface area contributed by atoms with E-state index in [2.05, 4.69) is 48.5 Å². The summed E-state index contributed by atoms with van der Waals surface area (Å²) in [6, 6.07) is 1.56. The molecular weight excluding hydrogens is 262 g/mol. The van der Waals surface area contributed by atoms with Crippen LogP contribution in [0.2, 0.25) is 0 Å². The van der Waals surface area contributed by atoms with Crippen molar-refractivity contribution < 1.29 is 0 Å². The zero-order valence-corrected chi connectivity index (χ0v) is 13.0. The molecule has 0 aromatic carbocycles. The third-order valence-corrected chi connectivity index (χ3v) is 5.87. The van der Waals surface area contributed by atoms with Gasteiger partial charge in [-0.2, -0.15) is 0 Å². The Kier molecular flexibility index (Phi) is 5.79. The molecule has 0 bridgehead atoms. The Morgan fingerprint density at radius 2 is 1.62 bits per heavy atom. The van der Waals surface area contributed by atoms with Gasteiger partial charge in [0.25, 0.3) is 0 Å². The Hall–Kier alpha value is 0.440. The van der Waals surface area contributed by atoms with Crippen LogP contribution >= 0.6 is 15.9 Å². The fraction of sp³-hybridized carbons (Fsp3) is 1.00. The quantitative estimate of drug-likeness (QED) is 0.676. The average molecular weight is 290 g/mol. The molecule has 2 heteroatoms. The molecule has 1 rings (SSSR count). The highest BCUT2D eigenvalue weighted by atomic mass is 79.9. The fourth-order valence-corrected chi connectivity index (χ4v) is 3.85. The molecule has 0 N–H and O–H groups in total. The summed E-state index contributed by atoms with van der Waals surface area (Å²) >= 11 is 3.73. The van der Waals surface area contributed by atoms with Gasteiger partial charge in [0.1, 0.15) is 0 Å². The van der Waals surface area contributed by atoms with Gasteiger partial charge in [-0.1, -0.05) is 36.2 Å². The number of nitrogens with zero attached hydrogens (tertiary/aromatic N) is 1. The van der Waals surface area contributed by atoms with Gasteiger partial charge in [-0.05, 0) is 44.9 Å². The molecule has 0 amide bonds. The summed E-state index contributed by atoms with van der Waals surface area (Å²) in [6.07, 6.45) is 6.75. The molecule has 0 aromatic heterocycles. The van der Waals surface area contributed by atoms with Gasteiger partial charge in [-0.3, -0.25) is 4.90 Å². The minimum absolute atomic E-state index is 0.486. The lowest BCUT2D eigenvalue weighted by Crippen LogP contribution is -2.49. The van der Waals surface area contributed by atoms with E-state index in [1.807, 2.05) is 0 Å². The zero-order chi connectivity index (χ0) is 12.2. The van der Waals surface area contributed by atoms with Gasteiger partial charge in [0.15, 0.2) is 0 Å². The first-order chi connectivity index (χ1) is 7.58. The molecule has 1 nitrogen and oxygen atoms in total. The number of alkyl halides is 1. The highest BCUT2D eigenvalue weighted by Crippen LogP contribution is 2.33. The van der Waals surface area contributed by atoms with E-state index in [0.717, 1.165) is 17.4 Å². The van der Waals surface area contributed by atoms with Crippen LogP contribution in [0.4, 0.5) is 0 Å². The lowest BCUT2D eigenvalue weighted by molar-refractivity contribution is 0.0530. The Balaban J connectivity index is 2.68. The first-order valence-electron chi connectivity index (χ1n) is 6.90. The van der Waals surface area contributed by atoms with Crippen LogP contribution in [0.25, 0.3) is 0 Å². The van der Waals surface area contributed by atoms with E-state index in [1.54, 1.807) is 0 Å². The van der Waals surface area contributed by atoms with Gasteiger partial charge in [-0.25, -0.2) is 0 Å². The summed E-state index contributed by atoms with van der Waals surface area (Å²) in [5.41, 5.74) is 0.486. The third kappa shape index (κ3) is 3.22. The van der Waals surface area contributed by atoms with E-state index in [-0.39, 0.29) is 0 Å². The van der Waals surface area contributed by atoms with Crippen LogP contribution in [0.1, 0.15) is 59.8 Å². The molecule has 0 aromatic rings. The monoisotopic (exact) mass is 289 g/mol. The largest absolute Gasteiger partial charge is 0.297 e. The number of likely N-dealkylation sites (tertiary alicyclic amines) is 1. The van der Waals surface area contributed by atoms with Crippen LogP contribution in [0, 0.1) is 5.41 Å². The first-order valence-corrected chi connectivity index (χ1v) is 8.02. The van der Waals surface area contributed by atoms with Crippen molar-refractivity contribution in [1.82, 2.24) is 4.90 Å². The summed E-state index contributed by atoms with van der Waals surface area (Å²) in [5, 5.41) is 1.14. The zero-order valence-electron chi connectivity index (χ0n) is 11.4. The highest BCUT2D eigenvalue weighted by Gasteiger charge is 2.33. The van der Waals surface area contributed by atoms with Crippen molar-refractivity contribution in [3.63, 3.8) is 0 Å². The van der Waals surface area contributed by atoms with E-state index >= 15 is 0 Å². The van der Waals surface area contributed by atoms with E-state index in [1.165, 1.54) is 38.6 Å². The fourth-order valence-electron chi connectivity index (χ4n) is 2.88. The van der Waals surface area contributed by atoms with Gasteiger partial charge in [0.05, 0.1) is 0 Å². The Morgan fingerprint density at radius 1 is 1.12 bits per heavy atom. The maximum atomic E-state index is 3.73. The molecule has 2 unspecified atom stereocenters. The molecule has 1 heterocycles. The van der Waals surface area contributed by atoms with Crippen molar-refractivity contribution in [2.45, 2.75) is 71.9 Å². The topological polar surface area (TPSA) is 3.24 Å². The second kappa shape index (κ2) is 6.39. The molecule has 1 fully saturated rings. The number of rotatable bonds is 5. The number of hydrogen-bond acceptors (Lipinski definition) is 1. The number of piperidine rings is 1. The van der Waals surface area contributed by atoms with Gasteiger partial charge >= 0.3 is 0 Å². The van der Waals surface area contributed by atoms with Crippen LogP contribution in [-0.2, 0) is 0 Å². The van der Waals surface area contributed by atoms with Crippen LogP contribution in [0.15, 0.2) is 0 Å². The summed E-state index contributed by atoms with van der Waals surface area (Å²) in [4.78, 5) is 2.75. The average Bonchev–Trinajstić information content (AvgIpc) is 2.30. The maximum Gasteiger partial charge on any atom is 0.01000 e. The third-order valence-electron chi connectivity index (χ3n) is 4.68. The second-order valence-corrected chi connectivity index (χ2v) is 6.20. The Labute approximate surface area is 110 Å². The SMILES string of the molecule is CCC(CC)(CBr)CN1C(C)CCCC1C.